The molecule has 0 bridgehead atoms. The Bertz CT molecular complexity index is 447. The average molecular weight is 240 g/mol. The maximum atomic E-state index is 2.39. The fourth-order valence-corrected chi connectivity index (χ4v) is 4.87. The molecule has 0 N–H and O–H groups in total. The van der Waals surface area contributed by atoms with E-state index in [1.54, 1.807) is 11.1 Å². The van der Waals surface area contributed by atoms with Gasteiger partial charge in [-0.3, -0.25) is 0 Å². The van der Waals surface area contributed by atoms with E-state index >= 15 is 0 Å². The van der Waals surface area contributed by atoms with E-state index < -0.39 is 0 Å². The second kappa shape index (κ2) is 4.40. The molecular formula is C18H24. The van der Waals surface area contributed by atoms with Gasteiger partial charge < -0.3 is 0 Å². The summed E-state index contributed by atoms with van der Waals surface area (Å²) < 4.78 is 0. The highest BCUT2D eigenvalue weighted by molar-refractivity contribution is 5.40. The second-order valence-electron chi connectivity index (χ2n) is 6.76. The lowest BCUT2D eigenvalue weighted by Gasteiger charge is -2.42. The van der Waals surface area contributed by atoms with Crippen LogP contribution in [-0.4, -0.2) is 0 Å². The van der Waals surface area contributed by atoms with Crippen LogP contribution in [0.4, 0.5) is 0 Å². The van der Waals surface area contributed by atoms with Crippen LogP contribution in [0.2, 0.25) is 0 Å². The molecule has 4 aliphatic rings. The van der Waals surface area contributed by atoms with Gasteiger partial charge in [0, 0.05) is 0 Å². The van der Waals surface area contributed by atoms with Crippen molar-refractivity contribution < 1.29 is 0 Å². The summed E-state index contributed by atoms with van der Waals surface area (Å²) in [5.74, 6) is 2.04. The van der Waals surface area contributed by atoms with Gasteiger partial charge in [0.25, 0.3) is 0 Å². The Labute approximate surface area is 111 Å². The zero-order valence-corrected chi connectivity index (χ0v) is 11.4. The van der Waals surface area contributed by atoms with Crippen molar-refractivity contribution in [3.8, 4) is 0 Å². The van der Waals surface area contributed by atoms with Crippen LogP contribution in [0.25, 0.3) is 0 Å². The third-order valence-corrected chi connectivity index (χ3v) is 5.85. The van der Waals surface area contributed by atoms with Crippen LogP contribution in [0.15, 0.2) is 34.4 Å². The van der Waals surface area contributed by atoms with Gasteiger partial charge in [0.15, 0.2) is 0 Å². The Morgan fingerprint density at radius 3 is 2.44 bits per heavy atom. The summed E-state index contributed by atoms with van der Waals surface area (Å²) in [5.41, 5.74) is 7.36. The molecule has 4 aliphatic carbocycles. The third-order valence-electron chi connectivity index (χ3n) is 5.85. The smallest absolute Gasteiger partial charge is 0.00968 e. The maximum absolute atomic E-state index is 2.39. The molecule has 1 fully saturated rings. The lowest BCUT2D eigenvalue weighted by atomic mass is 9.63. The van der Waals surface area contributed by atoms with Crippen LogP contribution < -0.4 is 0 Å². The first kappa shape index (κ1) is 11.1. The Hall–Kier alpha value is -0.780. The van der Waals surface area contributed by atoms with E-state index in [1.807, 2.05) is 11.1 Å². The first-order valence-corrected chi connectivity index (χ1v) is 7.97. The van der Waals surface area contributed by atoms with Gasteiger partial charge in [-0.15, -0.1) is 0 Å². The van der Waals surface area contributed by atoms with Crippen LogP contribution in [0.1, 0.15) is 64.2 Å². The summed E-state index contributed by atoms with van der Waals surface area (Å²) in [5, 5.41) is 0. The Kier molecular flexibility index (Phi) is 2.71. The van der Waals surface area contributed by atoms with Crippen LogP contribution in [-0.2, 0) is 0 Å². The molecule has 0 heterocycles. The van der Waals surface area contributed by atoms with E-state index in [4.69, 9.17) is 0 Å². The van der Waals surface area contributed by atoms with Crippen molar-refractivity contribution in [3.05, 3.63) is 34.4 Å². The topological polar surface area (TPSA) is 0 Å². The van der Waals surface area contributed by atoms with Gasteiger partial charge in [0.05, 0.1) is 0 Å². The van der Waals surface area contributed by atoms with Gasteiger partial charge >= 0.3 is 0 Å². The molecule has 0 spiro atoms. The molecule has 0 aliphatic heterocycles. The Morgan fingerprint density at radius 2 is 1.56 bits per heavy atom. The van der Waals surface area contributed by atoms with Gasteiger partial charge in [0.1, 0.15) is 0 Å². The highest BCUT2D eigenvalue weighted by Crippen LogP contribution is 2.50. The molecule has 18 heavy (non-hydrogen) atoms. The standard InChI is InChI=1S/C18H24/c1-2-7-15-12-18-16(11-14(15)6-1)10-9-13-5-3-4-8-17(13)18/h1-2,13,17H,3-12H2. The van der Waals surface area contributed by atoms with Crippen molar-refractivity contribution in [1.29, 1.82) is 0 Å². The zero-order valence-electron chi connectivity index (χ0n) is 11.4. The quantitative estimate of drug-likeness (QED) is 0.502. The van der Waals surface area contributed by atoms with Crippen LogP contribution >= 0.6 is 0 Å². The van der Waals surface area contributed by atoms with Crippen molar-refractivity contribution in [2.24, 2.45) is 11.8 Å². The van der Waals surface area contributed by atoms with E-state index in [1.165, 1.54) is 64.2 Å². The largest absolute Gasteiger partial charge is 0.0841 e. The van der Waals surface area contributed by atoms with Crippen molar-refractivity contribution in [2.75, 3.05) is 0 Å². The van der Waals surface area contributed by atoms with Crippen molar-refractivity contribution in [1.82, 2.24) is 0 Å². The molecule has 0 saturated heterocycles. The van der Waals surface area contributed by atoms with E-state index in [0.29, 0.717) is 0 Å². The molecule has 0 aromatic carbocycles. The second-order valence-corrected chi connectivity index (χ2v) is 6.76. The van der Waals surface area contributed by atoms with Gasteiger partial charge in [-0.25, -0.2) is 0 Å². The minimum atomic E-state index is 0.988. The molecule has 0 aromatic heterocycles. The first-order chi connectivity index (χ1) is 8.92. The summed E-state index contributed by atoms with van der Waals surface area (Å²) in [6.07, 6.45) is 18.9. The molecule has 0 aromatic rings. The lowest BCUT2D eigenvalue weighted by Crippen LogP contribution is -2.28. The molecular weight excluding hydrogens is 216 g/mol. The fourth-order valence-electron chi connectivity index (χ4n) is 4.87. The van der Waals surface area contributed by atoms with Crippen LogP contribution in [0.5, 0.6) is 0 Å². The summed E-state index contributed by atoms with van der Waals surface area (Å²) in [7, 11) is 0. The molecule has 1 saturated carbocycles. The van der Waals surface area contributed by atoms with Crippen LogP contribution in [0, 0.1) is 11.8 Å². The zero-order chi connectivity index (χ0) is 11.9. The maximum Gasteiger partial charge on any atom is -0.00968 e. The average Bonchev–Trinajstić information content (AvgIpc) is 2.45. The monoisotopic (exact) mass is 240 g/mol. The highest BCUT2D eigenvalue weighted by atomic mass is 14.4. The number of allylic oxidation sites excluding steroid dienone is 6. The minimum Gasteiger partial charge on any atom is -0.0841 e. The van der Waals surface area contributed by atoms with Gasteiger partial charge in [0.2, 0.25) is 0 Å². The Balaban J connectivity index is 1.62. The summed E-state index contributed by atoms with van der Waals surface area (Å²) in [4.78, 5) is 0. The SMILES string of the molecule is C1=CCC2=C(C1)CC1=C(C2)C2CCCCC2CC1. The number of hydrogen-bond donors (Lipinski definition) is 0. The fraction of sp³-hybridized carbons (Fsp3) is 0.667. The van der Waals surface area contributed by atoms with Crippen molar-refractivity contribution in [3.63, 3.8) is 0 Å². The van der Waals surface area contributed by atoms with E-state index in [-0.39, 0.29) is 0 Å². The van der Waals surface area contributed by atoms with Crippen LogP contribution in [0.3, 0.4) is 0 Å². The molecule has 0 amide bonds. The van der Waals surface area contributed by atoms with Gasteiger partial charge in [-0.05, 0) is 63.2 Å². The van der Waals surface area contributed by atoms with Gasteiger partial charge in [-0.1, -0.05) is 47.3 Å². The highest BCUT2D eigenvalue weighted by Gasteiger charge is 2.35. The van der Waals surface area contributed by atoms with Crippen molar-refractivity contribution >= 4 is 0 Å². The number of fused-ring (bicyclic) bond motifs is 2. The Morgan fingerprint density at radius 1 is 0.778 bits per heavy atom. The van der Waals surface area contributed by atoms with Crippen molar-refractivity contribution in [2.45, 2.75) is 64.2 Å². The summed E-state index contributed by atoms with van der Waals surface area (Å²) in [6, 6.07) is 0. The predicted molar refractivity (Wildman–Crippen MR) is 76.3 cm³/mol. The number of rotatable bonds is 0. The molecule has 0 nitrogen and oxygen atoms in total. The van der Waals surface area contributed by atoms with E-state index in [9.17, 15) is 0 Å². The molecule has 0 radical (unpaired) electrons. The van der Waals surface area contributed by atoms with Gasteiger partial charge in [-0.2, -0.15) is 0 Å². The molecule has 0 heteroatoms. The summed E-state index contributed by atoms with van der Waals surface area (Å²) in [6.45, 7) is 0. The molecule has 2 atom stereocenters. The summed E-state index contributed by atoms with van der Waals surface area (Å²) >= 11 is 0. The van der Waals surface area contributed by atoms with E-state index in [2.05, 4.69) is 12.2 Å². The molecule has 4 rings (SSSR count). The first-order valence-electron chi connectivity index (χ1n) is 7.97. The number of hydrogen-bond acceptors (Lipinski definition) is 0. The van der Waals surface area contributed by atoms with E-state index in [0.717, 1.165) is 11.8 Å². The molecule has 2 unspecified atom stereocenters. The normalized spacial score (nSPS) is 35.1. The lowest BCUT2D eigenvalue weighted by molar-refractivity contribution is 0.235. The third kappa shape index (κ3) is 1.73. The molecule has 96 valence electrons. The predicted octanol–water partition coefficient (Wildman–Crippen LogP) is 5.32. The minimum absolute atomic E-state index is 0.988.